The van der Waals surface area contributed by atoms with Gasteiger partial charge >= 0.3 is 0 Å². The first-order chi connectivity index (χ1) is 6.20. The van der Waals surface area contributed by atoms with Crippen molar-refractivity contribution in [3.63, 3.8) is 0 Å². The van der Waals surface area contributed by atoms with Gasteiger partial charge in [-0.2, -0.15) is 5.26 Å². The summed E-state index contributed by atoms with van der Waals surface area (Å²) < 4.78 is 1.87. The van der Waals surface area contributed by atoms with Gasteiger partial charge in [-0.1, -0.05) is 0 Å². The van der Waals surface area contributed by atoms with E-state index >= 15 is 0 Å². The number of thiophene rings is 1. The molecule has 0 amide bonds. The molecule has 0 spiro atoms. The van der Waals surface area contributed by atoms with E-state index in [0.717, 1.165) is 13.9 Å². The molecule has 0 radical (unpaired) electrons. The molecule has 4 heteroatoms. The Labute approximate surface area is 87.2 Å². The fourth-order valence-corrected chi connectivity index (χ4v) is 2.75. The summed E-state index contributed by atoms with van der Waals surface area (Å²) in [4.78, 5) is 0. The van der Waals surface area contributed by atoms with Crippen molar-refractivity contribution in [1.29, 1.82) is 5.26 Å². The lowest BCUT2D eigenvalue weighted by molar-refractivity contribution is 0.481. The monoisotopic (exact) mass is 253 g/mol. The maximum absolute atomic E-state index is 9.53. The quantitative estimate of drug-likeness (QED) is 0.784. The normalized spacial score (nSPS) is 10.2. The van der Waals surface area contributed by atoms with Gasteiger partial charge in [0.25, 0.3) is 0 Å². The molecule has 64 valence electrons. The summed E-state index contributed by atoms with van der Waals surface area (Å²) in [6, 6.07) is 7.09. The molecule has 1 aromatic carbocycles. The highest BCUT2D eigenvalue weighted by Gasteiger charge is 2.05. The highest BCUT2D eigenvalue weighted by molar-refractivity contribution is 9.11. The summed E-state index contributed by atoms with van der Waals surface area (Å²) in [6.07, 6.45) is 0. The van der Waals surface area contributed by atoms with Crippen molar-refractivity contribution in [1.82, 2.24) is 0 Å². The van der Waals surface area contributed by atoms with Gasteiger partial charge in [0, 0.05) is 10.1 Å². The zero-order valence-corrected chi connectivity index (χ0v) is 8.82. The van der Waals surface area contributed by atoms with Crippen LogP contribution in [0.1, 0.15) is 5.56 Å². The Morgan fingerprint density at radius 3 is 2.85 bits per heavy atom. The molecular weight excluding hydrogens is 250 g/mol. The molecule has 2 aromatic rings. The van der Waals surface area contributed by atoms with E-state index in [1.807, 2.05) is 12.1 Å². The molecule has 0 fully saturated rings. The molecule has 0 aliphatic heterocycles. The van der Waals surface area contributed by atoms with Gasteiger partial charge in [-0.05, 0) is 34.1 Å². The minimum Gasteiger partial charge on any atom is -0.507 e. The van der Waals surface area contributed by atoms with Crippen molar-refractivity contribution in [2.75, 3.05) is 0 Å². The van der Waals surface area contributed by atoms with Gasteiger partial charge in [0.2, 0.25) is 0 Å². The first-order valence-electron chi connectivity index (χ1n) is 3.53. The van der Waals surface area contributed by atoms with Gasteiger partial charge in [0.05, 0.1) is 15.4 Å². The van der Waals surface area contributed by atoms with Crippen LogP contribution < -0.4 is 0 Å². The Hall–Kier alpha value is -1.05. The number of nitrogens with zero attached hydrogens (tertiary/aromatic N) is 1. The summed E-state index contributed by atoms with van der Waals surface area (Å²) in [5, 5.41) is 19.0. The van der Waals surface area contributed by atoms with Crippen LogP contribution in [0.15, 0.2) is 22.0 Å². The molecule has 0 bridgehead atoms. The SMILES string of the molecule is N#Cc1cc(O)c2cc(Br)sc2c1. The second-order valence-corrected chi connectivity index (χ2v) is 5.03. The molecule has 2 rings (SSSR count). The smallest absolute Gasteiger partial charge is 0.125 e. The molecule has 0 saturated carbocycles. The standard InChI is InChI=1S/C9H4BrNOS/c10-9-3-6-7(12)1-5(4-11)2-8(6)13-9/h1-3,12H. The predicted octanol–water partition coefficient (Wildman–Crippen LogP) is 3.24. The number of halogens is 1. The summed E-state index contributed by atoms with van der Waals surface area (Å²) in [7, 11) is 0. The molecule has 0 unspecified atom stereocenters. The summed E-state index contributed by atoms with van der Waals surface area (Å²) >= 11 is 4.83. The number of phenols is 1. The average molecular weight is 254 g/mol. The number of phenolic OH excluding ortho intramolecular Hbond substituents is 1. The Kier molecular flexibility index (Phi) is 1.98. The van der Waals surface area contributed by atoms with E-state index in [9.17, 15) is 5.11 Å². The number of fused-ring (bicyclic) bond motifs is 1. The molecular formula is C9H4BrNOS. The average Bonchev–Trinajstić information content (AvgIpc) is 2.46. The fourth-order valence-electron chi connectivity index (χ4n) is 1.15. The number of hydrogen-bond donors (Lipinski definition) is 1. The van der Waals surface area contributed by atoms with Crippen molar-refractivity contribution in [2.24, 2.45) is 0 Å². The van der Waals surface area contributed by atoms with Crippen LogP contribution in [-0.4, -0.2) is 5.11 Å². The third-order valence-corrected chi connectivity index (χ3v) is 3.30. The van der Waals surface area contributed by atoms with E-state index in [1.54, 1.807) is 6.07 Å². The number of rotatable bonds is 0. The second-order valence-electron chi connectivity index (χ2n) is 2.57. The first-order valence-corrected chi connectivity index (χ1v) is 5.14. The minimum absolute atomic E-state index is 0.163. The van der Waals surface area contributed by atoms with Gasteiger partial charge in [-0.15, -0.1) is 11.3 Å². The Bertz CT molecular complexity index is 512. The van der Waals surface area contributed by atoms with Crippen molar-refractivity contribution in [3.8, 4) is 11.8 Å². The lowest BCUT2D eigenvalue weighted by Crippen LogP contribution is -1.73. The molecule has 0 aliphatic rings. The molecule has 2 nitrogen and oxygen atoms in total. The second kappa shape index (κ2) is 3.02. The summed E-state index contributed by atoms with van der Waals surface area (Å²) in [5.74, 6) is 0.163. The minimum atomic E-state index is 0.163. The highest BCUT2D eigenvalue weighted by atomic mass is 79.9. The van der Waals surface area contributed by atoms with Crippen LogP contribution in [0.2, 0.25) is 0 Å². The largest absolute Gasteiger partial charge is 0.507 e. The van der Waals surface area contributed by atoms with Gasteiger partial charge in [0.1, 0.15) is 5.75 Å². The zero-order chi connectivity index (χ0) is 9.42. The lowest BCUT2D eigenvalue weighted by Gasteiger charge is -1.94. The van der Waals surface area contributed by atoms with Crippen LogP contribution in [0.25, 0.3) is 10.1 Å². The van der Waals surface area contributed by atoms with E-state index in [2.05, 4.69) is 15.9 Å². The molecule has 0 saturated heterocycles. The van der Waals surface area contributed by atoms with Crippen LogP contribution in [0, 0.1) is 11.3 Å². The highest BCUT2D eigenvalue weighted by Crippen LogP contribution is 2.35. The number of aromatic hydroxyl groups is 1. The third kappa shape index (κ3) is 1.41. The third-order valence-electron chi connectivity index (χ3n) is 1.71. The number of hydrogen-bond acceptors (Lipinski definition) is 3. The predicted molar refractivity (Wildman–Crippen MR) is 55.9 cm³/mol. The molecule has 1 N–H and O–H groups in total. The van der Waals surface area contributed by atoms with E-state index in [4.69, 9.17) is 5.26 Å². The maximum Gasteiger partial charge on any atom is 0.125 e. The van der Waals surface area contributed by atoms with Crippen LogP contribution in [-0.2, 0) is 0 Å². The van der Waals surface area contributed by atoms with Crippen LogP contribution in [0.5, 0.6) is 5.75 Å². The zero-order valence-electron chi connectivity index (χ0n) is 6.41. The van der Waals surface area contributed by atoms with Crippen LogP contribution in [0.4, 0.5) is 0 Å². The molecule has 0 atom stereocenters. The van der Waals surface area contributed by atoms with Crippen molar-refractivity contribution < 1.29 is 5.11 Å². The van der Waals surface area contributed by atoms with E-state index < -0.39 is 0 Å². The van der Waals surface area contributed by atoms with Crippen molar-refractivity contribution >= 4 is 37.4 Å². The van der Waals surface area contributed by atoms with E-state index in [0.29, 0.717) is 5.56 Å². The number of nitriles is 1. The van der Waals surface area contributed by atoms with Gasteiger partial charge in [0.15, 0.2) is 0 Å². The van der Waals surface area contributed by atoms with E-state index in [1.165, 1.54) is 17.4 Å². The Balaban J connectivity index is 2.85. The Morgan fingerprint density at radius 2 is 2.15 bits per heavy atom. The molecule has 1 heterocycles. The maximum atomic E-state index is 9.53. The number of benzene rings is 1. The van der Waals surface area contributed by atoms with Gasteiger partial charge in [-0.3, -0.25) is 0 Å². The van der Waals surface area contributed by atoms with Crippen LogP contribution in [0.3, 0.4) is 0 Å². The van der Waals surface area contributed by atoms with E-state index in [-0.39, 0.29) is 5.75 Å². The molecule has 13 heavy (non-hydrogen) atoms. The summed E-state index contributed by atoms with van der Waals surface area (Å²) in [5.41, 5.74) is 0.486. The molecule has 0 aliphatic carbocycles. The van der Waals surface area contributed by atoms with Crippen LogP contribution >= 0.6 is 27.3 Å². The first kappa shape index (κ1) is 8.54. The summed E-state index contributed by atoms with van der Waals surface area (Å²) in [6.45, 7) is 0. The van der Waals surface area contributed by atoms with Crippen molar-refractivity contribution in [3.05, 3.63) is 27.5 Å². The molecule has 1 aromatic heterocycles. The van der Waals surface area contributed by atoms with Crippen molar-refractivity contribution in [2.45, 2.75) is 0 Å². The lowest BCUT2D eigenvalue weighted by atomic mass is 10.2. The topological polar surface area (TPSA) is 44.0 Å². The van der Waals surface area contributed by atoms with Gasteiger partial charge in [-0.25, -0.2) is 0 Å². The fraction of sp³-hybridized carbons (Fsp3) is 0. The van der Waals surface area contributed by atoms with Gasteiger partial charge < -0.3 is 5.11 Å². The Morgan fingerprint density at radius 1 is 1.38 bits per heavy atom.